The summed E-state index contributed by atoms with van der Waals surface area (Å²) in [6.07, 6.45) is 42.1. The van der Waals surface area contributed by atoms with Gasteiger partial charge in [0.25, 0.3) is 0 Å². The van der Waals surface area contributed by atoms with Crippen molar-refractivity contribution in [1.82, 2.24) is 26.2 Å². The molecular formula is C58H101N5O7. The Morgan fingerprint density at radius 3 is 1.46 bits per heavy atom. The van der Waals surface area contributed by atoms with Crippen LogP contribution in [0, 0.1) is 0 Å². The van der Waals surface area contributed by atoms with Crippen LogP contribution in [0.4, 0.5) is 0 Å². The third-order valence-corrected chi connectivity index (χ3v) is 13.9. The highest BCUT2D eigenvalue weighted by atomic mass is 16.5. The van der Waals surface area contributed by atoms with E-state index >= 15 is 0 Å². The smallest absolute Gasteiger partial charge is 0.306 e. The Kier molecular flexibility index (Phi) is 38.9. The highest BCUT2D eigenvalue weighted by Crippen LogP contribution is 2.17. The molecule has 70 heavy (non-hydrogen) atoms. The summed E-state index contributed by atoms with van der Waals surface area (Å²) in [5, 5.41) is 10.6. The van der Waals surface area contributed by atoms with Crippen molar-refractivity contribution < 1.29 is 33.5 Å². The summed E-state index contributed by atoms with van der Waals surface area (Å²) < 4.78 is 5.36. The molecule has 1 aliphatic rings. The number of ether oxygens (including phenoxy) is 1. The van der Waals surface area contributed by atoms with Crippen LogP contribution in [-0.2, 0) is 40.1 Å². The number of nitrogens with one attached hydrogen (secondary N) is 4. The molecule has 1 aliphatic heterocycles. The molecule has 400 valence electrons. The predicted octanol–water partition coefficient (Wildman–Crippen LogP) is 12.6. The monoisotopic (exact) mass is 980 g/mol. The molecule has 1 aromatic rings. The van der Waals surface area contributed by atoms with Crippen molar-refractivity contribution in [3.63, 3.8) is 0 Å². The topological polar surface area (TPSA) is 163 Å². The maximum absolute atomic E-state index is 13.6. The molecule has 0 aliphatic carbocycles. The minimum Gasteiger partial charge on any atom is -0.461 e. The van der Waals surface area contributed by atoms with Gasteiger partial charge >= 0.3 is 5.97 Å². The SMILES string of the molecule is CCCCCCCCCCCCCCCCCCN(CCCCCCCCCCCCCCCCCC)C(=O)CCC(=O)NCNC(=O)C(CCC(=O)OCc1ccccc1)NC(=O)C1CCC(=O)N1. The van der Waals surface area contributed by atoms with Gasteiger partial charge in [0.1, 0.15) is 18.7 Å². The summed E-state index contributed by atoms with van der Waals surface area (Å²) in [6, 6.07) is 7.37. The number of rotatable bonds is 47. The molecule has 0 bridgehead atoms. The normalized spacial score (nSPS) is 13.7. The van der Waals surface area contributed by atoms with Gasteiger partial charge in [0.05, 0.1) is 6.67 Å². The summed E-state index contributed by atoms with van der Waals surface area (Å²) in [6.45, 7) is 5.85. The molecule has 1 heterocycles. The van der Waals surface area contributed by atoms with Crippen LogP contribution in [0.15, 0.2) is 30.3 Å². The summed E-state index contributed by atoms with van der Waals surface area (Å²) in [4.78, 5) is 79.0. The van der Waals surface area contributed by atoms with Gasteiger partial charge in [-0.05, 0) is 31.2 Å². The van der Waals surface area contributed by atoms with Gasteiger partial charge in [0.2, 0.25) is 29.5 Å². The fraction of sp³-hybridized carbons (Fsp3) is 0.793. The van der Waals surface area contributed by atoms with E-state index in [1.165, 1.54) is 180 Å². The van der Waals surface area contributed by atoms with E-state index in [0.717, 1.165) is 31.2 Å². The second kappa shape index (κ2) is 43.8. The van der Waals surface area contributed by atoms with Crippen molar-refractivity contribution in [3.05, 3.63) is 35.9 Å². The second-order valence-electron chi connectivity index (χ2n) is 20.2. The van der Waals surface area contributed by atoms with E-state index < -0.39 is 29.9 Å². The molecule has 4 N–H and O–H groups in total. The number of nitrogens with zero attached hydrogens (tertiary/aromatic N) is 1. The Bertz CT molecular complexity index is 1470. The minimum absolute atomic E-state index is 0.00206. The van der Waals surface area contributed by atoms with Crippen LogP contribution in [0.2, 0.25) is 0 Å². The van der Waals surface area contributed by atoms with E-state index in [0.29, 0.717) is 19.5 Å². The average molecular weight is 980 g/mol. The van der Waals surface area contributed by atoms with Gasteiger partial charge < -0.3 is 30.9 Å². The quantitative estimate of drug-likeness (QED) is 0.0287. The Morgan fingerprint density at radius 2 is 1.03 bits per heavy atom. The largest absolute Gasteiger partial charge is 0.461 e. The number of carbonyl (C=O) groups excluding carboxylic acids is 6. The Hall–Kier alpha value is -3.96. The highest BCUT2D eigenvalue weighted by molar-refractivity contribution is 5.94. The van der Waals surface area contributed by atoms with Crippen molar-refractivity contribution in [3.8, 4) is 0 Å². The summed E-state index contributed by atoms with van der Waals surface area (Å²) >= 11 is 0. The molecule has 1 aromatic carbocycles. The highest BCUT2D eigenvalue weighted by Gasteiger charge is 2.31. The fourth-order valence-electron chi connectivity index (χ4n) is 9.31. The third kappa shape index (κ3) is 34.4. The molecule has 0 radical (unpaired) electrons. The van der Waals surface area contributed by atoms with E-state index in [1.807, 2.05) is 35.2 Å². The first-order valence-electron chi connectivity index (χ1n) is 28.8. The third-order valence-electron chi connectivity index (χ3n) is 13.9. The zero-order chi connectivity index (χ0) is 50.5. The van der Waals surface area contributed by atoms with Gasteiger partial charge in [-0.3, -0.25) is 28.8 Å². The van der Waals surface area contributed by atoms with E-state index in [2.05, 4.69) is 35.1 Å². The van der Waals surface area contributed by atoms with Crippen LogP contribution in [0.1, 0.15) is 263 Å². The maximum atomic E-state index is 13.6. The minimum atomic E-state index is -1.10. The molecule has 5 amide bonds. The van der Waals surface area contributed by atoms with Gasteiger partial charge in [-0.25, -0.2) is 0 Å². The Morgan fingerprint density at radius 1 is 0.586 bits per heavy atom. The van der Waals surface area contributed by atoms with Gasteiger partial charge in [-0.15, -0.1) is 0 Å². The van der Waals surface area contributed by atoms with Gasteiger partial charge in [0, 0.05) is 38.8 Å². The molecule has 12 nitrogen and oxygen atoms in total. The number of unbranched alkanes of at least 4 members (excludes halogenated alkanes) is 30. The first-order chi connectivity index (χ1) is 34.2. The molecule has 0 spiro atoms. The molecule has 0 saturated carbocycles. The van der Waals surface area contributed by atoms with Crippen LogP contribution in [0.5, 0.6) is 0 Å². The maximum Gasteiger partial charge on any atom is 0.306 e. The molecule has 1 saturated heterocycles. The summed E-state index contributed by atoms with van der Waals surface area (Å²) in [5.41, 5.74) is 0.825. The van der Waals surface area contributed by atoms with Crippen LogP contribution in [0.25, 0.3) is 0 Å². The van der Waals surface area contributed by atoms with E-state index in [9.17, 15) is 28.8 Å². The summed E-state index contributed by atoms with van der Waals surface area (Å²) in [5.74, 6) is -2.25. The number of amides is 5. The van der Waals surface area contributed by atoms with Gasteiger partial charge in [-0.2, -0.15) is 0 Å². The number of hydrogen-bond acceptors (Lipinski definition) is 7. The summed E-state index contributed by atoms with van der Waals surface area (Å²) in [7, 11) is 0. The lowest BCUT2D eigenvalue weighted by Crippen LogP contribution is -2.53. The molecule has 12 heteroatoms. The zero-order valence-corrected chi connectivity index (χ0v) is 44.5. The zero-order valence-electron chi connectivity index (χ0n) is 44.5. The number of esters is 1. The lowest BCUT2D eigenvalue weighted by molar-refractivity contribution is -0.145. The van der Waals surface area contributed by atoms with Gasteiger partial charge in [-0.1, -0.05) is 237 Å². The second-order valence-corrected chi connectivity index (χ2v) is 20.2. The van der Waals surface area contributed by atoms with Crippen molar-refractivity contribution in [2.75, 3.05) is 19.8 Å². The first kappa shape index (κ1) is 62.2. The predicted molar refractivity (Wildman–Crippen MR) is 285 cm³/mol. The van der Waals surface area contributed by atoms with Crippen LogP contribution in [-0.4, -0.2) is 72.2 Å². The molecule has 1 fully saturated rings. The van der Waals surface area contributed by atoms with E-state index in [-0.39, 0.29) is 63.1 Å². The van der Waals surface area contributed by atoms with Crippen molar-refractivity contribution in [2.24, 2.45) is 0 Å². The van der Waals surface area contributed by atoms with Crippen LogP contribution >= 0.6 is 0 Å². The number of carbonyl (C=O) groups is 6. The Labute approximate surface area is 425 Å². The fourth-order valence-corrected chi connectivity index (χ4v) is 9.31. The van der Waals surface area contributed by atoms with Crippen molar-refractivity contribution in [1.29, 1.82) is 0 Å². The standard InChI is InChI=1S/C58H101N5O7/c1-3-5-7-9-11-13-15-17-19-21-23-25-27-29-31-36-46-63(47-37-32-30-28-26-24-22-20-18-16-14-12-10-8-6-4-2)55(66)44-43-53(64)59-49-60-57(68)51(62-58(69)52-40-42-54(65)61-52)41-45-56(67)70-48-50-38-34-33-35-39-50/h33-35,38-39,51-52H,3-32,36-37,40-49H2,1-2H3,(H,59,64)(H,60,68)(H,61,65)(H,62,69). The molecule has 2 rings (SSSR count). The van der Waals surface area contributed by atoms with Crippen molar-refractivity contribution >= 4 is 35.5 Å². The van der Waals surface area contributed by atoms with Crippen LogP contribution < -0.4 is 21.3 Å². The first-order valence-corrected chi connectivity index (χ1v) is 28.8. The Balaban J connectivity index is 1.75. The molecule has 2 atom stereocenters. The lowest BCUT2D eigenvalue weighted by Gasteiger charge is -2.23. The van der Waals surface area contributed by atoms with E-state index in [1.54, 1.807) is 0 Å². The molecule has 2 unspecified atom stereocenters. The van der Waals surface area contributed by atoms with Crippen LogP contribution in [0.3, 0.4) is 0 Å². The van der Waals surface area contributed by atoms with Crippen molar-refractivity contribution in [2.45, 2.75) is 277 Å². The number of benzene rings is 1. The van der Waals surface area contributed by atoms with E-state index in [4.69, 9.17) is 4.74 Å². The molecule has 0 aromatic heterocycles. The average Bonchev–Trinajstić information content (AvgIpc) is 3.81. The molecular weight excluding hydrogens is 879 g/mol. The van der Waals surface area contributed by atoms with Gasteiger partial charge in [0.15, 0.2) is 0 Å². The number of hydrogen-bond donors (Lipinski definition) is 4. The lowest BCUT2D eigenvalue weighted by atomic mass is 10.0.